The van der Waals surface area contributed by atoms with Crippen LogP contribution < -0.4 is 5.32 Å². The molecule has 0 saturated carbocycles. The zero-order valence-electron chi connectivity index (χ0n) is 10.6. The Kier molecular flexibility index (Phi) is 3.16. The van der Waals surface area contributed by atoms with E-state index in [0.717, 1.165) is 5.69 Å². The predicted octanol–water partition coefficient (Wildman–Crippen LogP) is 2.93. The van der Waals surface area contributed by atoms with E-state index in [1.165, 1.54) is 10.6 Å². The molecular weight excluding hydrogens is 257 g/mol. The second kappa shape index (κ2) is 5.13. The van der Waals surface area contributed by atoms with Crippen LogP contribution in [0.15, 0.2) is 54.9 Å². The quantitative estimate of drug-likeness (QED) is 0.777. The molecule has 0 saturated heterocycles. The lowest BCUT2D eigenvalue weighted by atomic mass is 10.2. The van der Waals surface area contributed by atoms with Gasteiger partial charge in [-0.2, -0.15) is 0 Å². The van der Waals surface area contributed by atoms with Crippen LogP contribution in [-0.2, 0) is 6.54 Å². The number of carbonyl (C=O) groups is 1. The molecule has 0 atom stereocenters. The fraction of sp³-hybridized carbons (Fsp3) is 0.0667. The maximum absolute atomic E-state index is 13.6. The van der Waals surface area contributed by atoms with Gasteiger partial charge in [0.1, 0.15) is 5.82 Å². The van der Waals surface area contributed by atoms with E-state index in [1.54, 1.807) is 30.6 Å². The molecule has 2 aromatic heterocycles. The van der Waals surface area contributed by atoms with Gasteiger partial charge in [0.15, 0.2) is 0 Å². The fourth-order valence-electron chi connectivity index (χ4n) is 2.06. The standard InChI is InChI=1S/C15H12FN3O/c16-13-5-3-6-14-12(13)7-9-19(14)15(20)18-10-11-4-1-2-8-17-11/h1-9H,10H2,(H,18,20). The van der Waals surface area contributed by atoms with Gasteiger partial charge in [-0.05, 0) is 30.3 Å². The van der Waals surface area contributed by atoms with Gasteiger partial charge in [0.2, 0.25) is 0 Å². The molecule has 20 heavy (non-hydrogen) atoms. The number of fused-ring (bicyclic) bond motifs is 1. The Balaban J connectivity index is 1.81. The minimum absolute atomic E-state index is 0.309. The summed E-state index contributed by atoms with van der Waals surface area (Å²) in [4.78, 5) is 16.2. The van der Waals surface area contributed by atoms with Gasteiger partial charge < -0.3 is 5.32 Å². The van der Waals surface area contributed by atoms with E-state index in [9.17, 15) is 9.18 Å². The lowest BCUT2D eigenvalue weighted by Gasteiger charge is -2.06. The number of hydrogen-bond donors (Lipinski definition) is 1. The largest absolute Gasteiger partial charge is 0.332 e. The van der Waals surface area contributed by atoms with E-state index in [4.69, 9.17) is 0 Å². The molecule has 0 bridgehead atoms. The Morgan fingerprint density at radius 1 is 1.20 bits per heavy atom. The van der Waals surface area contributed by atoms with Crippen LogP contribution in [0.5, 0.6) is 0 Å². The van der Waals surface area contributed by atoms with Gasteiger partial charge in [-0.1, -0.05) is 12.1 Å². The summed E-state index contributed by atoms with van der Waals surface area (Å²) in [6.45, 7) is 0.328. The molecule has 0 aliphatic rings. The van der Waals surface area contributed by atoms with Crippen molar-refractivity contribution in [1.82, 2.24) is 14.9 Å². The van der Waals surface area contributed by atoms with Gasteiger partial charge in [0, 0.05) is 17.8 Å². The third kappa shape index (κ3) is 2.25. The van der Waals surface area contributed by atoms with Crippen LogP contribution in [0.2, 0.25) is 0 Å². The molecule has 5 heteroatoms. The van der Waals surface area contributed by atoms with Crippen molar-refractivity contribution in [2.45, 2.75) is 6.54 Å². The number of benzene rings is 1. The van der Waals surface area contributed by atoms with Gasteiger partial charge in [-0.15, -0.1) is 0 Å². The third-order valence-electron chi connectivity index (χ3n) is 3.05. The Labute approximate surface area is 114 Å². The predicted molar refractivity (Wildman–Crippen MR) is 73.8 cm³/mol. The van der Waals surface area contributed by atoms with Gasteiger partial charge in [-0.3, -0.25) is 9.55 Å². The van der Waals surface area contributed by atoms with Crippen LogP contribution in [-0.4, -0.2) is 15.6 Å². The molecule has 0 aliphatic carbocycles. The van der Waals surface area contributed by atoms with Crippen molar-refractivity contribution in [3.63, 3.8) is 0 Å². The summed E-state index contributed by atoms with van der Waals surface area (Å²) in [5, 5.41) is 3.18. The average Bonchev–Trinajstić information content (AvgIpc) is 2.91. The summed E-state index contributed by atoms with van der Waals surface area (Å²) in [7, 11) is 0. The van der Waals surface area contributed by atoms with Crippen LogP contribution in [0.25, 0.3) is 10.9 Å². The van der Waals surface area contributed by atoms with Crippen molar-refractivity contribution in [2.24, 2.45) is 0 Å². The second-order valence-electron chi connectivity index (χ2n) is 4.34. The number of nitrogens with zero attached hydrogens (tertiary/aromatic N) is 2. The zero-order valence-corrected chi connectivity index (χ0v) is 10.6. The molecule has 0 unspecified atom stereocenters. The average molecular weight is 269 g/mol. The van der Waals surface area contributed by atoms with E-state index in [1.807, 2.05) is 18.2 Å². The highest BCUT2D eigenvalue weighted by atomic mass is 19.1. The topological polar surface area (TPSA) is 46.9 Å². The highest BCUT2D eigenvalue weighted by Gasteiger charge is 2.10. The van der Waals surface area contributed by atoms with Gasteiger partial charge in [0.25, 0.3) is 0 Å². The monoisotopic (exact) mass is 269 g/mol. The summed E-state index contributed by atoms with van der Waals surface area (Å²) in [5.41, 5.74) is 1.31. The Morgan fingerprint density at radius 2 is 2.10 bits per heavy atom. The number of nitrogens with one attached hydrogen (secondary N) is 1. The van der Waals surface area contributed by atoms with E-state index in [2.05, 4.69) is 10.3 Å². The number of pyridine rings is 1. The van der Waals surface area contributed by atoms with Crippen molar-refractivity contribution < 1.29 is 9.18 Å². The molecule has 1 amide bonds. The van der Waals surface area contributed by atoms with Crippen LogP contribution >= 0.6 is 0 Å². The lowest BCUT2D eigenvalue weighted by molar-refractivity contribution is 0.243. The number of rotatable bonds is 2. The summed E-state index contributed by atoms with van der Waals surface area (Å²) in [6, 6.07) is 11.4. The van der Waals surface area contributed by atoms with Crippen LogP contribution in [0.1, 0.15) is 5.69 Å². The van der Waals surface area contributed by atoms with Crippen LogP contribution in [0.3, 0.4) is 0 Å². The Morgan fingerprint density at radius 3 is 2.90 bits per heavy atom. The minimum atomic E-state index is -0.334. The van der Waals surface area contributed by atoms with Gasteiger partial charge in [-0.25, -0.2) is 9.18 Å². The van der Waals surface area contributed by atoms with Crippen molar-refractivity contribution in [3.05, 3.63) is 66.4 Å². The maximum atomic E-state index is 13.6. The van der Waals surface area contributed by atoms with E-state index < -0.39 is 0 Å². The number of aromatic nitrogens is 2. The highest BCUT2D eigenvalue weighted by Crippen LogP contribution is 2.18. The SMILES string of the molecule is O=C(NCc1ccccn1)n1ccc2c(F)cccc21. The van der Waals surface area contributed by atoms with Crippen molar-refractivity contribution in [2.75, 3.05) is 0 Å². The summed E-state index contributed by atoms with van der Waals surface area (Å²) in [5.74, 6) is -0.334. The molecule has 3 rings (SSSR count). The summed E-state index contributed by atoms with van der Waals surface area (Å²) >= 11 is 0. The van der Waals surface area contributed by atoms with Gasteiger partial charge >= 0.3 is 6.03 Å². The van der Waals surface area contributed by atoms with Crippen molar-refractivity contribution >= 4 is 16.9 Å². The molecule has 0 radical (unpaired) electrons. The molecule has 3 aromatic rings. The van der Waals surface area contributed by atoms with Crippen LogP contribution in [0.4, 0.5) is 9.18 Å². The molecule has 2 heterocycles. The number of carbonyl (C=O) groups excluding carboxylic acids is 1. The number of halogens is 1. The molecule has 1 aromatic carbocycles. The molecule has 0 fully saturated rings. The zero-order chi connectivity index (χ0) is 13.9. The van der Waals surface area contributed by atoms with E-state index in [0.29, 0.717) is 17.4 Å². The Hall–Kier alpha value is -2.69. The molecule has 4 nitrogen and oxygen atoms in total. The van der Waals surface area contributed by atoms with E-state index >= 15 is 0 Å². The third-order valence-corrected chi connectivity index (χ3v) is 3.05. The first-order valence-electron chi connectivity index (χ1n) is 6.19. The van der Waals surface area contributed by atoms with Crippen molar-refractivity contribution in [3.8, 4) is 0 Å². The normalized spacial score (nSPS) is 10.7. The molecule has 0 spiro atoms. The summed E-state index contributed by atoms with van der Waals surface area (Å²) in [6.07, 6.45) is 3.23. The summed E-state index contributed by atoms with van der Waals surface area (Å²) < 4.78 is 14.9. The first-order valence-corrected chi connectivity index (χ1v) is 6.19. The second-order valence-corrected chi connectivity index (χ2v) is 4.34. The fourth-order valence-corrected chi connectivity index (χ4v) is 2.06. The van der Waals surface area contributed by atoms with Gasteiger partial charge in [0.05, 0.1) is 17.8 Å². The molecular formula is C15H12FN3O. The molecule has 1 N–H and O–H groups in total. The lowest BCUT2D eigenvalue weighted by Crippen LogP contribution is -2.27. The number of hydrogen-bond acceptors (Lipinski definition) is 2. The van der Waals surface area contributed by atoms with Crippen LogP contribution in [0, 0.1) is 5.82 Å². The molecule has 100 valence electrons. The smallest absolute Gasteiger partial charge is 0.326 e. The first kappa shape index (κ1) is 12.3. The number of amides is 1. The highest BCUT2D eigenvalue weighted by molar-refractivity contribution is 5.91. The minimum Gasteiger partial charge on any atom is -0.332 e. The van der Waals surface area contributed by atoms with Crippen molar-refractivity contribution in [1.29, 1.82) is 0 Å². The first-order chi connectivity index (χ1) is 9.75. The van der Waals surface area contributed by atoms with E-state index in [-0.39, 0.29) is 11.8 Å². The maximum Gasteiger partial charge on any atom is 0.326 e. The Bertz CT molecular complexity index is 752. The molecule has 0 aliphatic heterocycles.